The second-order valence-corrected chi connectivity index (χ2v) is 6.52. The minimum Gasteiger partial charge on any atom is -0.314 e. The lowest BCUT2D eigenvalue weighted by atomic mass is 9.97. The van der Waals surface area contributed by atoms with Crippen molar-refractivity contribution in [3.05, 3.63) is 47.0 Å². The van der Waals surface area contributed by atoms with Crippen LogP contribution in [0.3, 0.4) is 0 Å². The molecule has 0 saturated carbocycles. The number of allylic oxidation sites excluding steroid dienone is 1. The Kier molecular flexibility index (Phi) is 9.28. The van der Waals surface area contributed by atoms with E-state index in [-0.39, 0.29) is 23.5 Å². The first-order valence-corrected chi connectivity index (χ1v) is 8.73. The summed E-state index contributed by atoms with van der Waals surface area (Å²) in [6.45, 7) is 7.31. The van der Waals surface area contributed by atoms with E-state index in [1.54, 1.807) is 6.07 Å². The molecule has 2 rings (SSSR count). The van der Waals surface area contributed by atoms with Crippen molar-refractivity contribution in [3.63, 3.8) is 0 Å². The summed E-state index contributed by atoms with van der Waals surface area (Å²) in [6, 6.07) is 4.28. The van der Waals surface area contributed by atoms with Gasteiger partial charge in [-0.2, -0.15) is 13.2 Å². The maximum Gasteiger partial charge on any atom is 0.417 e. The average molecular weight is 397 g/mol. The Morgan fingerprint density at radius 2 is 1.92 bits per heavy atom. The van der Waals surface area contributed by atoms with Crippen molar-refractivity contribution in [2.75, 3.05) is 26.2 Å². The lowest BCUT2D eigenvalue weighted by molar-refractivity contribution is -0.137. The molecule has 1 N–H and O–H groups in total. The SMILES string of the molecule is C=CCCCC[C@@H](c1ccc(C(F)(F)F)c(Cl)c1)N1CCNCC1.Cl. The topological polar surface area (TPSA) is 15.3 Å². The molecule has 1 fully saturated rings. The van der Waals surface area contributed by atoms with Crippen LogP contribution in [0.5, 0.6) is 0 Å². The number of hydrogen-bond donors (Lipinski definition) is 1. The van der Waals surface area contributed by atoms with E-state index in [0.29, 0.717) is 0 Å². The lowest BCUT2D eigenvalue weighted by Gasteiger charge is -2.35. The third-order valence-corrected chi connectivity index (χ3v) is 4.72. The zero-order valence-corrected chi connectivity index (χ0v) is 15.7. The van der Waals surface area contributed by atoms with Crippen LogP contribution in [0.2, 0.25) is 5.02 Å². The van der Waals surface area contributed by atoms with Gasteiger partial charge >= 0.3 is 6.18 Å². The summed E-state index contributed by atoms with van der Waals surface area (Å²) in [5, 5.41) is 3.09. The fourth-order valence-corrected chi connectivity index (χ4v) is 3.44. The summed E-state index contributed by atoms with van der Waals surface area (Å²) in [6.07, 6.45) is 1.41. The molecule has 7 heteroatoms. The van der Waals surface area contributed by atoms with Crippen LogP contribution >= 0.6 is 24.0 Å². The van der Waals surface area contributed by atoms with Crippen molar-refractivity contribution in [2.24, 2.45) is 0 Å². The number of benzene rings is 1. The second kappa shape index (κ2) is 10.4. The van der Waals surface area contributed by atoms with E-state index in [4.69, 9.17) is 11.6 Å². The van der Waals surface area contributed by atoms with Crippen molar-refractivity contribution < 1.29 is 13.2 Å². The molecule has 1 aromatic rings. The number of piperazine rings is 1. The third kappa shape index (κ3) is 6.48. The first-order chi connectivity index (χ1) is 11.4. The summed E-state index contributed by atoms with van der Waals surface area (Å²) in [7, 11) is 0. The van der Waals surface area contributed by atoms with Crippen molar-refractivity contribution >= 4 is 24.0 Å². The Hall–Kier alpha value is -0.750. The van der Waals surface area contributed by atoms with Crippen molar-refractivity contribution in [3.8, 4) is 0 Å². The smallest absolute Gasteiger partial charge is 0.314 e. The van der Waals surface area contributed by atoms with E-state index in [2.05, 4.69) is 16.8 Å². The number of alkyl halides is 3. The molecule has 1 atom stereocenters. The molecule has 2 nitrogen and oxygen atoms in total. The molecule has 0 aromatic heterocycles. The molecule has 1 aliphatic rings. The van der Waals surface area contributed by atoms with Crippen molar-refractivity contribution in [2.45, 2.75) is 37.9 Å². The molecule has 0 bridgehead atoms. The van der Waals surface area contributed by atoms with E-state index >= 15 is 0 Å². The number of rotatable bonds is 7. The highest BCUT2D eigenvalue weighted by Gasteiger charge is 2.33. The summed E-state index contributed by atoms with van der Waals surface area (Å²) in [5.41, 5.74) is 0.104. The highest BCUT2D eigenvalue weighted by molar-refractivity contribution is 6.31. The van der Waals surface area contributed by atoms with Gasteiger partial charge in [-0.3, -0.25) is 4.90 Å². The third-order valence-electron chi connectivity index (χ3n) is 4.41. The van der Waals surface area contributed by atoms with Crippen LogP contribution in [0.15, 0.2) is 30.9 Å². The normalized spacial score (nSPS) is 17.0. The molecule has 0 spiro atoms. The Bertz CT molecular complexity index is 544. The number of unbranched alkanes of at least 4 members (excludes halogenated alkanes) is 2. The van der Waals surface area contributed by atoms with E-state index in [1.807, 2.05) is 6.08 Å². The van der Waals surface area contributed by atoms with Gasteiger partial charge in [-0.05, 0) is 37.0 Å². The van der Waals surface area contributed by atoms with Gasteiger partial charge in [-0.1, -0.05) is 30.2 Å². The van der Waals surface area contributed by atoms with E-state index in [9.17, 15) is 13.2 Å². The minimum atomic E-state index is -4.41. The second-order valence-electron chi connectivity index (χ2n) is 6.11. The van der Waals surface area contributed by atoms with Crippen LogP contribution < -0.4 is 5.32 Å². The molecule has 1 aliphatic heterocycles. The van der Waals surface area contributed by atoms with Gasteiger partial charge in [0, 0.05) is 32.2 Å². The number of nitrogens with zero attached hydrogens (tertiary/aromatic N) is 1. The maximum absolute atomic E-state index is 12.9. The number of nitrogens with one attached hydrogen (secondary N) is 1. The predicted octanol–water partition coefficient (Wildman–Crippen LogP) is 5.47. The quantitative estimate of drug-likeness (QED) is 0.485. The zero-order valence-electron chi connectivity index (χ0n) is 14.1. The van der Waals surface area contributed by atoms with E-state index in [1.165, 1.54) is 6.07 Å². The Morgan fingerprint density at radius 1 is 1.24 bits per heavy atom. The fourth-order valence-electron chi connectivity index (χ4n) is 3.15. The van der Waals surface area contributed by atoms with Crippen molar-refractivity contribution in [1.29, 1.82) is 0 Å². The first-order valence-electron chi connectivity index (χ1n) is 8.36. The Labute approximate surface area is 158 Å². The van der Waals surface area contributed by atoms with Gasteiger partial charge in [-0.15, -0.1) is 19.0 Å². The first kappa shape index (κ1) is 22.3. The van der Waals surface area contributed by atoms with Gasteiger partial charge < -0.3 is 5.32 Å². The van der Waals surface area contributed by atoms with E-state index < -0.39 is 11.7 Å². The van der Waals surface area contributed by atoms with Crippen molar-refractivity contribution in [1.82, 2.24) is 10.2 Å². The van der Waals surface area contributed by atoms with Crippen LogP contribution in [0.4, 0.5) is 13.2 Å². The summed E-state index contributed by atoms with van der Waals surface area (Å²) < 4.78 is 38.7. The maximum atomic E-state index is 12.9. The summed E-state index contributed by atoms with van der Waals surface area (Å²) >= 11 is 5.92. The molecule has 1 heterocycles. The monoisotopic (exact) mass is 396 g/mol. The highest BCUT2D eigenvalue weighted by atomic mass is 35.5. The standard InChI is InChI=1S/C18H24ClF3N2.ClH/c1-2-3-4-5-6-17(24-11-9-23-10-12-24)14-7-8-15(16(19)13-14)18(20,21)22;/h2,7-8,13,17,23H,1,3-6,9-12H2;1H/t17-;/m0./s1. The van der Waals surface area contributed by atoms with Crippen LogP contribution in [0, 0.1) is 0 Å². The van der Waals surface area contributed by atoms with Gasteiger partial charge in [0.15, 0.2) is 0 Å². The largest absolute Gasteiger partial charge is 0.417 e. The zero-order chi connectivity index (χ0) is 17.6. The number of hydrogen-bond acceptors (Lipinski definition) is 2. The van der Waals surface area contributed by atoms with Crippen LogP contribution in [-0.4, -0.2) is 31.1 Å². The fraction of sp³-hybridized carbons (Fsp3) is 0.556. The molecule has 1 saturated heterocycles. The molecule has 0 amide bonds. The average Bonchev–Trinajstić information content (AvgIpc) is 2.54. The Balaban J connectivity index is 0.00000312. The van der Waals surface area contributed by atoms with Crippen LogP contribution in [-0.2, 0) is 6.18 Å². The van der Waals surface area contributed by atoms with Gasteiger partial charge in [0.05, 0.1) is 10.6 Å². The molecule has 0 unspecified atom stereocenters. The lowest BCUT2D eigenvalue weighted by Crippen LogP contribution is -2.45. The summed E-state index contributed by atoms with van der Waals surface area (Å²) in [4.78, 5) is 2.34. The minimum absolute atomic E-state index is 0. The molecule has 0 aliphatic carbocycles. The number of halogens is 5. The van der Waals surface area contributed by atoms with Gasteiger partial charge in [0.1, 0.15) is 0 Å². The highest BCUT2D eigenvalue weighted by Crippen LogP contribution is 2.37. The summed E-state index contributed by atoms with van der Waals surface area (Å²) in [5.74, 6) is 0. The molecular formula is C18H25Cl2F3N2. The molecule has 0 radical (unpaired) electrons. The van der Waals surface area contributed by atoms with Gasteiger partial charge in [-0.25, -0.2) is 0 Å². The van der Waals surface area contributed by atoms with Gasteiger partial charge in [0.2, 0.25) is 0 Å². The molecular weight excluding hydrogens is 372 g/mol. The van der Waals surface area contributed by atoms with E-state index in [0.717, 1.165) is 63.5 Å². The van der Waals surface area contributed by atoms with Crippen LogP contribution in [0.1, 0.15) is 42.9 Å². The Morgan fingerprint density at radius 3 is 2.48 bits per heavy atom. The molecule has 25 heavy (non-hydrogen) atoms. The molecule has 142 valence electrons. The molecule has 1 aromatic carbocycles. The van der Waals surface area contributed by atoms with Crippen LogP contribution in [0.25, 0.3) is 0 Å². The van der Waals surface area contributed by atoms with Gasteiger partial charge in [0.25, 0.3) is 0 Å². The predicted molar refractivity (Wildman–Crippen MR) is 99.6 cm³/mol.